The number of rotatable bonds is 4. The highest BCUT2D eigenvalue weighted by Gasteiger charge is 2.28. The van der Waals surface area contributed by atoms with Crippen LogP contribution in [0.15, 0.2) is 24.3 Å². The summed E-state index contributed by atoms with van der Waals surface area (Å²) in [6.45, 7) is 4.00. The zero-order valence-corrected chi connectivity index (χ0v) is 13.6. The Bertz CT molecular complexity index is 735. The quantitative estimate of drug-likeness (QED) is 0.943. The van der Waals surface area contributed by atoms with Crippen LogP contribution in [0.25, 0.3) is 5.69 Å². The molecular weight excluding hydrogens is 298 g/mol. The SMILES string of the molecule is CCCC(=O)Nc1c2c(nn1-c1ccc(C)cc1)C[S@@](=O)C2. The van der Waals surface area contributed by atoms with Gasteiger partial charge in [0.2, 0.25) is 5.91 Å². The number of fused-ring (bicyclic) bond motifs is 1. The average molecular weight is 317 g/mol. The third-order valence-corrected chi connectivity index (χ3v) is 4.89. The van der Waals surface area contributed by atoms with Gasteiger partial charge in [-0.3, -0.25) is 9.00 Å². The Labute approximate surface area is 132 Å². The molecule has 0 bridgehead atoms. The Morgan fingerprint density at radius 1 is 1.32 bits per heavy atom. The van der Waals surface area contributed by atoms with Crippen LogP contribution in [-0.2, 0) is 27.1 Å². The molecule has 1 N–H and O–H groups in total. The van der Waals surface area contributed by atoms with Crippen molar-refractivity contribution in [1.82, 2.24) is 9.78 Å². The lowest BCUT2D eigenvalue weighted by Gasteiger charge is -2.11. The van der Waals surface area contributed by atoms with Crippen molar-refractivity contribution in [3.63, 3.8) is 0 Å². The van der Waals surface area contributed by atoms with Gasteiger partial charge in [0.05, 0.1) is 22.9 Å². The lowest BCUT2D eigenvalue weighted by molar-refractivity contribution is -0.116. The number of hydrogen-bond acceptors (Lipinski definition) is 3. The van der Waals surface area contributed by atoms with Gasteiger partial charge >= 0.3 is 0 Å². The van der Waals surface area contributed by atoms with Crippen molar-refractivity contribution in [2.45, 2.75) is 38.2 Å². The van der Waals surface area contributed by atoms with E-state index in [2.05, 4.69) is 10.4 Å². The molecule has 22 heavy (non-hydrogen) atoms. The predicted molar refractivity (Wildman–Crippen MR) is 87.4 cm³/mol. The first kappa shape index (κ1) is 15.0. The van der Waals surface area contributed by atoms with Crippen LogP contribution in [0.1, 0.15) is 36.6 Å². The topological polar surface area (TPSA) is 64.0 Å². The molecule has 2 heterocycles. The fourth-order valence-corrected chi connectivity index (χ4v) is 3.81. The maximum atomic E-state index is 12.0. The van der Waals surface area contributed by atoms with Gasteiger partial charge in [-0.15, -0.1) is 0 Å². The Hall–Kier alpha value is -1.95. The van der Waals surface area contributed by atoms with E-state index < -0.39 is 10.8 Å². The van der Waals surface area contributed by atoms with Crippen LogP contribution in [0.3, 0.4) is 0 Å². The van der Waals surface area contributed by atoms with E-state index in [0.717, 1.165) is 23.4 Å². The molecular formula is C16H19N3O2S. The molecule has 0 saturated heterocycles. The van der Waals surface area contributed by atoms with Gasteiger partial charge < -0.3 is 5.32 Å². The smallest absolute Gasteiger partial charge is 0.225 e. The highest BCUT2D eigenvalue weighted by atomic mass is 32.2. The molecule has 1 aromatic heterocycles. The van der Waals surface area contributed by atoms with Crippen LogP contribution >= 0.6 is 0 Å². The van der Waals surface area contributed by atoms with Crippen LogP contribution in [-0.4, -0.2) is 19.9 Å². The number of hydrogen-bond donors (Lipinski definition) is 1. The summed E-state index contributed by atoms with van der Waals surface area (Å²) in [5.74, 6) is 1.56. The highest BCUT2D eigenvalue weighted by molar-refractivity contribution is 7.83. The molecule has 0 aliphatic carbocycles. The second kappa shape index (κ2) is 6.04. The average Bonchev–Trinajstić information content (AvgIpc) is 2.98. The number of benzene rings is 1. The molecule has 2 aromatic rings. The molecule has 0 radical (unpaired) electrons. The van der Waals surface area contributed by atoms with Gasteiger partial charge in [-0.05, 0) is 25.5 Å². The maximum absolute atomic E-state index is 12.0. The van der Waals surface area contributed by atoms with E-state index in [1.54, 1.807) is 4.68 Å². The zero-order chi connectivity index (χ0) is 15.7. The number of carbonyl (C=O) groups is 1. The Morgan fingerprint density at radius 2 is 2.05 bits per heavy atom. The third-order valence-electron chi connectivity index (χ3n) is 3.68. The fraction of sp³-hybridized carbons (Fsp3) is 0.375. The minimum atomic E-state index is -0.913. The number of anilines is 1. The van der Waals surface area contributed by atoms with E-state index >= 15 is 0 Å². The van der Waals surface area contributed by atoms with Crippen molar-refractivity contribution in [3.8, 4) is 5.69 Å². The van der Waals surface area contributed by atoms with Gasteiger partial charge in [0.25, 0.3) is 0 Å². The van der Waals surface area contributed by atoms with Crippen LogP contribution in [0.2, 0.25) is 0 Å². The maximum Gasteiger partial charge on any atom is 0.225 e. The van der Waals surface area contributed by atoms with Crippen molar-refractivity contribution in [2.75, 3.05) is 5.32 Å². The van der Waals surface area contributed by atoms with Crippen LogP contribution in [0, 0.1) is 6.92 Å². The van der Waals surface area contributed by atoms with E-state index in [-0.39, 0.29) is 5.91 Å². The van der Waals surface area contributed by atoms with E-state index in [0.29, 0.717) is 23.7 Å². The number of carbonyl (C=O) groups excluding carboxylic acids is 1. The molecule has 116 valence electrons. The van der Waals surface area contributed by atoms with Crippen molar-refractivity contribution in [3.05, 3.63) is 41.1 Å². The molecule has 0 fully saturated rings. The fourth-order valence-electron chi connectivity index (χ4n) is 2.55. The van der Waals surface area contributed by atoms with Gasteiger partial charge in [-0.25, -0.2) is 4.68 Å². The molecule has 1 aromatic carbocycles. The van der Waals surface area contributed by atoms with E-state index in [9.17, 15) is 9.00 Å². The molecule has 0 saturated carbocycles. The van der Waals surface area contributed by atoms with Crippen molar-refractivity contribution in [2.24, 2.45) is 0 Å². The number of nitrogens with one attached hydrogen (secondary N) is 1. The second-order valence-corrected chi connectivity index (χ2v) is 7.00. The molecule has 0 spiro atoms. The van der Waals surface area contributed by atoms with Crippen molar-refractivity contribution in [1.29, 1.82) is 0 Å². The lowest BCUT2D eigenvalue weighted by atomic mass is 10.2. The number of nitrogens with zero attached hydrogens (tertiary/aromatic N) is 2. The van der Waals surface area contributed by atoms with Gasteiger partial charge in [-0.1, -0.05) is 24.6 Å². The Kier molecular flexibility index (Phi) is 4.11. The predicted octanol–water partition coefficient (Wildman–Crippen LogP) is 2.68. The number of aryl methyl sites for hydroxylation is 1. The van der Waals surface area contributed by atoms with Gasteiger partial charge in [0.15, 0.2) is 0 Å². The lowest BCUT2D eigenvalue weighted by Crippen LogP contribution is -2.15. The molecule has 0 unspecified atom stereocenters. The summed E-state index contributed by atoms with van der Waals surface area (Å²) < 4.78 is 13.5. The standard InChI is InChI=1S/C16H19N3O2S/c1-3-4-15(20)17-16-13-9-22(21)10-14(13)18-19(16)12-7-5-11(2)6-8-12/h5-8H,3-4,9-10H2,1-2H3,(H,17,20)/t22-/m0/s1. The monoisotopic (exact) mass is 317 g/mol. The summed E-state index contributed by atoms with van der Waals surface area (Å²) in [6.07, 6.45) is 1.26. The highest BCUT2D eigenvalue weighted by Crippen LogP contribution is 2.31. The van der Waals surface area contributed by atoms with Crippen LogP contribution in [0.5, 0.6) is 0 Å². The molecule has 3 rings (SSSR count). The first-order chi connectivity index (χ1) is 10.6. The largest absolute Gasteiger partial charge is 0.310 e. The van der Waals surface area contributed by atoms with E-state index in [1.807, 2.05) is 38.1 Å². The zero-order valence-electron chi connectivity index (χ0n) is 12.8. The van der Waals surface area contributed by atoms with Crippen LogP contribution < -0.4 is 5.32 Å². The Balaban J connectivity index is 2.02. The summed E-state index contributed by atoms with van der Waals surface area (Å²) >= 11 is 0. The van der Waals surface area contributed by atoms with E-state index in [1.165, 1.54) is 5.56 Å². The summed E-state index contributed by atoms with van der Waals surface area (Å²) in [5.41, 5.74) is 3.80. The van der Waals surface area contributed by atoms with Gasteiger partial charge in [0, 0.05) is 22.8 Å². The molecule has 6 heteroatoms. The van der Waals surface area contributed by atoms with Crippen molar-refractivity contribution >= 4 is 22.5 Å². The minimum Gasteiger partial charge on any atom is -0.310 e. The molecule has 1 atom stereocenters. The summed E-state index contributed by atoms with van der Waals surface area (Å²) in [4.78, 5) is 12.0. The second-order valence-electron chi connectivity index (χ2n) is 5.55. The molecule has 5 nitrogen and oxygen atoms in total. The van der Waals surface area contributed by atoms with Crippen molar-refractivity contribution < 1.29 is 9.00 Å². The minimum absolute atomic E-state index is 0.0313. The summed E-state index contributed by atoms with van der Waals surface area (Å²) in [6, 6.07) is 7.98. The first-order valence-corrected chi connectivity index (χ1v) is 8.90. The molecule has 1 aliphatic heterocycles. The third kappa shape index (κ3) is 2.83. The molecule has 1 aliphatic rings. The van der Waals surface area contributed by atoms with E-state index in [4.69, 9.17) is 0 Å². The Morgan fingerprint density at radius 3 is 2.73 bits per heavy atom. The number of amides is 1. The molecule has 1 amide bonds. The van der Waals surface area contributed by atoms with Gasteiger partial charge in [-0.2, -0.15) is 5.10 Å². The summed E-state index contributed by atoms with van der Waals surface area (Å²) in [7, 11) is -0.913. The number of aromatic nitrogens is 2. The first-order valence-electron chi connectivity index (χ1n) is 7.41. The van der Waals surface area contributed by atoms with Gasteiger partial charge in [0.1, 0.15) is 5.82 Å². The summed E-state index contributed by atoms with van der Waals surface area (Å²) in [5, 5.41) is 7.52. The normalized spacial score (nSPS) is 16.5. The van der Waals surface area contributed by atoms with Crippen LogP contribution in [0.4, 0.5) is 5.82 Å².